The van der Waals surface area contributed by atoms with Gasteiger partial charge in [-0.3, -0.25) is 4.90 Å². The van der Waals surface area contributed by atoms with Gasteiger partial charge in [0, 0.05) is 29.7 Å². The molecule has 1 heterocycles. The number of ether oxygens (including phenoxy) is 2. The molecule has 4 nitrogen and oxygen atoms in total. The summed E-state index contributed by atoms with van der Waals surface area (Å²) in [6.45, 7) is 4.45. The van der Waals surface area contributed by atoms with Gasteiger partial charge in [-0.25, -0.2) is 0 Å². The van der Waals surface area contributed by atoms with E-state index in [1.54, 1.807) is 7.11 Å². The van der Waals surface area contributed by atoms with Crippen molar-refractivity contribution in [2.75, 3.05) is 20.2 Å². The van der Waals surface area contributed by atoms with Gasteiger partial charge >= 0.3 is 0 Å². The Kier molecular flexibility index (Phi) is 8.68. The lowest BCUT2D eigenvalue weighted by molar-refractivity contribution is 0.190. The molecule has 0 saturated carbocycles. The number of methoxy groups -OCH3 is 1. The highest BCUT2D eigenvalue weighted by Crippen LogP contribution is 2.37. The summed E-state index contributed by atoms with van der Waals surface area (Å²) in [4.78, 5) is 2.54. The number of hydrogen-bond donors (Lipinski definition) is 1. The fourth-order valence-electron chi connectivity index (χ4n) is 4.18. The molecular formula is C27H30BrClN2O2. The molecule has 0 aliphatic carbocycles. The van der Waals surface area contributed by atoms with Gasteiger partial charge in [0.1, 0.15) is 6.61 Å². The maximum absolute atomic E-state index is 6.26. The predicted molar refractivity (Wildman–Crippen MR) is 138 cm³/mol. The van der Waals surface area contributed by atoms with Crippen LogP contribution in [-0.2, 0) is 19.7 Å². The lowest BCUT2D eigenvalue weighted by Crippen LogP contribution is -2.41. The molecule has 1 N–H and O–H groups in total. The molecular weight excluding hydrogens is 500 g/mol. The first kappa shape index (κ1) is 24.1. The van der Waals surface area contributed by atoms with Gasteiger partial charge in [0.25, 0.3) is 0 Å². The van der Waals surface area contributed by atoms with Gasteiger partial charge in [-0.05, 0) is 71.2 Å². The molecule has 0 amide bonds. The molecule has 33 heavy (non-hydrogen) atoms. The average molecular weight is 530 g/mol. The Morgan fingerprint density at radius 1 is 1.00 bits per heavy atom. The molecule has 3 aromatic rings. The Hall–Kier alpha value is -2.05. The Labute approximate surface area is 210 Å². The van der Waals surface area contributed by atoms with E-state index in [-0.39, 0.29) is 0 Å². The molecule has 0 spiro atoms. The van der Waals surface area contributed by atoms with Gasteiger partial charge in [0.2, 0.25) is 0 Å². The number of hydrogen-bond acceptors (Lipinski definition) is 4. The van der Waals surface area contributed by atoms with E-state index in [4.69, 9.17) is 21.1 Å². The highest BCUT2D eigenvalue weighted by atomic mass is 79.9. The van der Waals surface area contributed by atoms with Crippen LogP contribution in [0.15, 0.2) is 71.2 Å². The fourth-order valence-corrected chi connectivity index (χ4v) is 4.97. The fraction of sp³-hybridized carbons (Fsp3) is 0.333. The highest BCUT2D eigenvalue weighted by Gasteiger charge is 2.19. The zero-order valence-electron chi connectivity index (χ0n) is 18.9. The van der Waals surface area contributed by atoms with Gasteiger partial charge in [0.05, 0.1) is 11.6 Å². The molecule has 0 bridgehead atoms. The van der Waals surface area contributed by atoms with E-state index in [2.05, 4.69) is 62.5 Å². The molecule has 6 heteroatoms. The average Bonchev–Trinajstić information content (AvgIpc) is 2.84. The minimum atomic E-state index is 0.383. The van der Waals surface area contributed by atoms with E-state index in [9.17, 15) is 0 Å². The number of likely N-dealkylation sites (tertiary alicyclic amines) is 1. The van der Waals surface area contributed by atoms with Crippen molar-refractivity contribution in [3.05, 3.63) is 92.9 Å². The first-order valence-electron chi connectivity index (χ1n) is 11.3. The maximum atomic E-state index is 6.26. The largest absolute Gasteiger partial charge is 0.493 e. The molecule has 0 atom stereocenters. The smallest absolute Gasteiger partial charge is 0.175 e. The number of nitrogens with one attached hydrogen (secondary N) is 1. The van der Waals surface area contributed by atoms with E-state index in [0.29, 0.717) is 29.2 Å². The first-order valence-corrected chi connectivity index (χ1v) is 12.5. The van der Waals surface area contributed by atoms with Crippen LogP contribution in [0.25, 0.3) is 0 Å². The third-order valence-corrected chi connectivity index (χ3v) is 7.01. The number of halogens is 2. The van der Waals surface area contributed by atoms with E-state index in [1.165, 1.54) is 5.56 Å². The van der Waals surface area contributed by atoms with Crippen LogP contribution in [0, 0.1) is 0 Å². The van der Waals surface area contributed by atoms with Crippen LogP contribution < -0.4 is 14.8 Å². The second-order valence-corrected chi connectivity index (χ2v) is 9.67. The van der Waals surface area contributed by atoms with E-state index < -0.39 is 0 Å². The van der Waals surface area contributed by atoms with Gasteiger partial charge in [0.15, 0.2) is 11.5 Å². The quantitative estimate of drug-likeness (QED) is 0.346. The Morgan fingerprint density at radius 3 is 2.45 bits per heavy atom. The number of piperidine rings is 1. The Morgan fingerprint density at radius 2 is 1.73 bits per heavy atom. The van der Waals surface area contributed by atoms with E-state index >= 15 is 0 Å². The molecule has 0 unspecified atom stereocenters. The van der Waals surface area contributed by atoms with E-state index in [1.807, 2.05) is 30.3 Å². The first-order chi connectivity index (χ1) is 16.1. The van der Waals surface area contributed by atoms with Crippen molar-refractivity contribution >= 4 is 27.5 Å². The monoisotopic (exact) mass is 528 g/mol. The SMILES string of the molecule is COc1cc(CNC2CCN(Cc3ccccc3)CC2)cc(Br)c1OCc1ccccc1Cl. The molecule has 4 rings (SSSR count). The van der Waals surface area contributed by atoms with Gasteiger partial charge in [-0.15, -0.1) is 0 Å². The number of benzene rings is 3. The second kappa shape index (κ2) is 11.9. The van der Waals surface area contributed by atoms with Crippen LogP contribution in [0.4, 0.5) is 0 Å². The van der Waals surface area contributed by atoms with Gasteiger partial charge in [-0.2, -0.15) is 0 Å². The Bertz CT molecular complexity index is 1040. The van der Waals surface area contributed by atoms with Crippen LogP contribution in [0.1, 0.15) is 29.5 Å². The summed E-state index contributed by atoms with van der Waals surface area (Å²) >= 11 is 9.92. The second-order valence-electron chi connectivity index (χ2n) is 8.41. The maximum Gasteiger partial charge on any atom is 0.175 e. The highest BCUT2D eigenvalue weighted by molar-refractivity contribution is 9.10. The lowest BCUT2D eigenvalue weighted by Gasteiger charge is -2.32. The summed E-state index contributed by atoms with van der Waals surface area (Å²) in [7, 11) is 1.67. The van der Waals surface area contributed by atoms with Gasteiger partial charge < -0.3 is 14.8 Å². The summed E-state index contributed by atoms with van der Waals surface area (Å²) in [6, 6.07) is 23.1. The van der Waals surface area contributed by atoms with Crippen LogP contribution in [0.2, 0.25) is 5.02 Å². The van der Waals surface area contributed by atoms with Crippen molar-refractivity contribution < 1.29 is 9.47 Å². The predicted octanol–water partition coefficient (Wildman–Crippen LogP) is 6.44. The molecule has 1 fully saturated rings. The Balaban J connectivity index is 1.30. The van der Waals surface area contributed by atoms with Crippen LogP contribution >= 0.6 is 27.5 Å². The topological polar surface area (TPSA) is 33.7 Å². The van der Waals surface area contributed by atoms with Crippen molar-refractivity contribution in [1.82, 2.24) is 10.2 Å². The van der Waals surface area contributed by atoms with Crippen molar-refractivity contribution in [2.24, 2.45) is 0 Å². The standard InChI is InChI=1S/C27H30BrClN2O2/c1-32-26-16-21(15-24(28)27(26)33-19-22-9-5-6-10-25(22)29)17-30-23-11-13-31(14-12-23)18-20-7-3-2-4-8-20/h2-10,15-16,23,30H,11-14,17-19H2,1H3. The molecule has 0 radical (unpaired) electrons. The molecule has 1 aliphatic heterocycles. The van der Waals surface area contributed by atoms with Crippen molar-refractivity contribution in [3.63, 3.8) is 0 Å². The summed E-state index contributed by atoms with van der Waals surface area (Å²) in [5.74, 6) is 1.40. The van der Waals surface area contributed by atoms with Crippen molar-refractivity contribution in [1.29, 1.82) is 0 Å². The lowest BCUT2D eigenvalue weighted by atomic mass is 10.0. The zero-order chi connectivity index (χ0) is 23.0. The van der Waals surface area contributed by atoms with Gasteiger partial charge in [-0.1, -0.05) is 60.1 Å². The zero-order valence-corrected chi connectivity index (χ0v) is 21.2. The van der Waals surface area contributed by atoms with Crippen LogP contribution in [0.3, 0.4) is 0 Å². The molecule has 1 saturated heterocycles. The molecule has 174 valence electrons. The number of rotatable bonds is 9. The van der Waals surface area contributed by atoms with E-state index in [0.717, 1.165) is 54.6 Å². The molecule has 3 aromatic carbocycles. The molecule has 1 aliphatic rings. The third kappa shape index (κ3) is 6.73. The van der Waals surface area contributed by atoms with Crippen molar-refractivity contribution in [2.45, 2.75) is 38.6 Å². The third-order valence-electron chi connectivity index (χ3n) is 6.05. The summed E-state index contributed by atoms with van der Waals surface area (Å²) in [6.07, 6.45) is 2.31. The molecule has 0 aromatic heterocycles. The summed E-state index contributed by atoms with van der Waals surface area (Å²) < 4.78 is 12.6. The minimum absolute atomic E-state index is 0.383. The minimum Gasteiger partial charge on any atom is -0.493 e. The van der Waals surface area contributed by atoms with Crippen LogP contribution in [0.5, 0.6) is 11.5 Å². The van der Waals surface area contributed by atoms with Crippen LogP contribution in [-0.4, -0.2) is 31.1 Å². The normalized spacial score (nSPS) is 14.9. The summed E-state index contributed by atoms with van der Waals surface area (Å²) in [5, 5.41) is 4.42. The summed E-state index contributed by atoms with van der Waals surface area (Å²) in [5.41, 5.74) is 3.49. The number of nitrogens with zero attached hydrogens (tertiary/aromatic N) is 1. The van der Waals surface area contributed by atoms with Crippen molar-refractivity contribution in [3.8, 4) is 11.5 Å².